The van der Waals surface area contributed by atoms with Crippen LogP contribution in [0.5, 0.6) is 0 Å². The van der Waals surface area contributed by atoms with Crippen LogP contribution in [0.2, 0.25) is 5.02 Å². The van der Waals surface area contributed by atoms with E-state index in [2.05, 4.69) is 22.3 Å². The van der Waals surface area contributed by atoms with Gasteiger partial charge in [-0.3, -0.25) is 4.79 Å². The van der Waals surface area contributed by atoms with Gasteiger partial charge in [-0.05, 0) is 36.9 Å². The number of benzene rings is 2. The number of hydrogen-bond donors (Lipinski definition) is 1. The van der Waals surface area contributed by atoms with Crippen LogP contribution >= 0.6 is 24.0 Å². The number of nitrogens with zero attached hydrogens (tertiary/aromatic N) is 1. The molecule has 0 fully saturated rings. The molecule has 0 spiro atoms. The van der Waals surface area contributed by atoms with Gasteiger partial charge in [-0.2, -0.15) is 0 Å². The standard InChI is InChI=1S/C17H19ClN2O.ClH/c1-20(13-14-5-3-2-4-6-14)12-11-17(21)19-16-9-7-15(18)8-10-16;/h2-10H,11-13H2,1H3,(H,19,21);1H. The molecule has 0 saturated carbocycles. The third-order valence-electron chi connectivity index (χ3n) is 3.14. The van der Waals surface area contributed by atoms with Gasteiger partial charge < -0.3 is 10.2 Å². The SMILES string of the molecule is CN(CCC(=O)Nc1ccc(Cl)cc1)Cc1ccccc1.Cl. The number of rotatable bonds is 6. The lowest BCUT2D eigenvalue weighted by molar-refractivity contribution is -0.116. The molecule has 5 heteroatoms. The molecule has 22 heavy (non-hydrogen) atoms. The van der Waals surface area contributed by atoms with E-state index in [0.717, 1.165) is 12.2 Å². The van der Waals surface area contributed by atoms with Crippen LogP contribution in [0.3, 0.4) is 0 Å². The number of halogens is 2. The molecule has 118 valence electrons. The second-order valence-corrected chi connectivity index (χ2v) is 5.46. The van der Waals surface area contributed by atoms with E-state index in [4.69, 9.17) is 11.6 Å². The molecule has 0 atom stereocenters. The molecule has 3 nitrogen and oxygen atoms in total. The van der Waals surface area contributed by atoms with Crippen molar-refractivity contribution in [1.82, 2.24) is 4.90 Å². The Kier molecular flexibility index (Phi) is 7.96. The fourth-order valence-corrected chi connectivity index (χ4v) is 2.15. The van der Waals surface area contributed by atoms with Gasteiger partial charge >= 0.3 is 0 Å². The molecule has 1 N–H and O–H groups in total. The zero-order valence-corrected chi connectivity index (χ0v) is 14.0. The van der Waals surface area contributed by atoms with Crippen LogP contribution in [0.4, 0.5) is 5.69 Å². The highest BCUT2D eigenvalue weighted by atomic mass is 35.5. The second kappa shape index (κ2) is 9.46. The van der Waals surface area contributed by atoms with Crippen LogP contribution in [0.15, 0.2) is 54.6 Å². The third kappa shape index (κ3) is 6.48. The first-order chi connectivity index (χ1) is 10.1. The summed E-state index contributed by atoms with van der Waals surface area (Å²) < 4.78 is 0. The van der Waals surface area contributed by atoms with E-state index in [1.54, 1.807) is 24.3 Å². The molecular weight excluding hydrogens is 319 g/mol. The lowest BCUT2D eigenvalue weighted by Gasteiger charge is -2.16. The van der Waals surface area contributed by atoms with E-state index in [-0.39, 0.29) is 18.3 Å². The zero-order chi connectivity index (χ0) is 15.1. The Balaban J connectivity index is 0.00000242. The number of carbonyl (C=O) groups excluding carboxylic acids is 1. The van der Waals surface area contributed by atoms with E-state index >= 15 is 0 Å². The van der Waals surface area contributed by atoms with Crippen molar-refractivity contribution in [3.63, 3.8) is 0 Å². The molecule has 0 heterocycles. The largest absolute Gasteiger partial charge is 0.326 e. The van der Waals surface area contributed by atoms with Gasteiger partial charge in [-0.25, -0.2) is 0 Å². The normalized spacial score (nSPS) is 10.1. The Hall–Kier alpha value is -1.55. The average molecular weight is 339 g/mol. The molecule has 0 saturated heterocycles. The summed E-state index contributed by atoms with van der Waals surface area (Å²) in [6.45, 7) is 1.56. The third-order valence-corrected chi connectivity index (χ3v) is 3.40. The van der Waals surface area contributed by atoms with Crippen LogP contribution in [-0.4, -0.2) is 24.4 Å². The van der Waals surface area contributed by atoms with Gasteiger partial charge in [0.15, 0.2) is 0 Å². The summed E-state index contributed by atoms with van der Waals surface area (Å²) in [6.07, 6.45) is 0.464. The van der Waals surface area contributed by atoms with Gasteiger partial charge in [0.05, 0.1) is 0 Å². The quantitative estimate of drug-likeness (QED) is 0.854. The lowest BCUT2D eigenvalue weighted by Crippen LogP contribution is -2.24. The Morgan fingerprint density at radius 1 is 1.09 bits per heavy atom. The summed E-state index contributed by atoms with van der Waals surface area (Å²) in [5.41, 5.74) is 2.02. The molecule has 0 radical (unpaired) electrons. The molecule has 0 aliphatic rings. The highest BCUT2D eigenvalue weighted by molar-refractivity contribution is 6.30. The van der Waals surface area contributed by atoms with Crippen LogP contribution < -0.4 is 5.32 Å². The van der Waals surface area contributed by atoms with Crippen molar-refractivity contribution in [3.05, 3.63) is 65.2 Å². The van der Waals surface area contributed by atoms with Crippen molar-refractivity contribution in [2.75, 3.05) is 18.9 Å². The van der Waals surface area contributed by atoms with Gasteiger partial charge in [0.2, 0.25) is 5.91 Å². The number of nitrogens with one attached hydrogen (secondary N) is 1. The first-order valence-electron chi connectivity index (χ1n) is 6.91. The molecule has 0 bridgehead atoms. The van der Waals surface area contributed by atoms with E-state index < -0.39 is 0 Å². The smallest absolute Gasteiger partial charge is 0.225 e. The van der Waals surface area contributed by atoms with Crippen molar-refractivity contribution >= 4 is 35.6 Å². The molecule has 0 aliphatic carbocycles. The van der Waals surface area contributed by atoms with Crippen molar-refractivity contribution < 1.29 is 4.79 Å². The minimum absolute atomic E-state index is 0. The van der Waals surface area contributed by atoms with Gasteiger partial charge in [0, 0.05) is 30.2 Å². The maximum Gasteiger partial charge on any atom is 0.225 e. The fourth-order valence-electron chi connectivity index (χ4n) is 2.02. The number of anilines is 1. The van der Waals surface area contributed by atoms with Gasteiger partial charge in [-0.15, -0.1) is 12.4 Å². The van der Waals surface area contributed by atoms with Crippen molar-refractivity contribution in [2.24, 2.45) is 0 Å². The summed E-state index contributed by atoms with van der Waals surface area (Å²) in [4.78, 5) is 14.0. The Morgan fingerprint density at radius 3 is 2.36 bits per heavy atom. The monoisotopic (exact) mass is 338 g/mol. The highest BCUT2D eigenvalue weighted by Gasteiger charge is 2.05. The fraction of sp³-hybridized carbons (Fsp3) is 0.235. The van der Waals surface area contributed by atoms with E-state index in [9.17, 15) is 4.79 Å². The molecular formula is C17H20Cl2N2O. The van der Waals surface area contributed by atoms with Gasteiger partial charge in [0.1, 0.15) is 0 Å². The summed E-state index contributed by atoms with van der Waals surface area (Å²) in [6, 6.07) is 17.4. The van der Waals surface area contributed by atoms with Crippen LogP contribution in [0, 0.1) is 0 Å². The first-order valence-corrected chi connectivity index (χ1v) is 7.29. The predicted octanol–water partition coefficient (Wildman–Crippen LogP) is 4.22. The Morgan fingerprint density at radius 2 is 1.73 bits per heavy atom. The lowest BCUT2D eigenvalue weighted by atomic mass is 10.2. The Bertz CT molecular complexity index is 573. The minimum Gasteiger partial charge on any atom is -0.326 e. The van der Waals surface area contributed by atoms with Gasteiger partial charge in [-0.1, -0.05) is 41.9 Å². The molecule has 2 aromatic carbocycles. The van der Waals surface area contributed by atoms with E-state index in [1.165, 1.54) is 5.56 Å². The van der Waals surface area contributed by atoms with Crippen LogP contribution in [0.25, 0.3) is 0 Å². The summed E-state index contributed by atoms with van der Waals surface area (Å²) in [7, 11) is 2.02. The summed E-state index contributed by atoms with van der Waals surface area (Å²) in [5.74, 6) is 0.0113. The topological polar surface area (TPSA) is 32.3 Å². The van der Waals surface area contributed by atoms with Gasteiger partial charge in [0.25, 0.3) is 0 Å². The summed E-state index contributed by atoms with van der Waals surface area (Å²) >= 11 is 5.81. The number of carbonyl (C=O) groups is 1. The van der Waals surface area contributed by atoms with Crippen LogP contribution in [-0.2, 0) is 11.3 Å². The van der Waals surface area contributed by atoms with Crippen molar-refractivity contribution in [1.29, 1.82) is 0 Å². The van der Waals surface area contributed by atoms with Crippen molar-refractivity contribution in [2.45, 2.75) is 13.0 Å². The predicted molar refractivity (Wildman–Crippen MR) is 94.7 cm³/mol. The number of amides is 1. The van der Waals surface area contributed by atoms with E-state index in [0.29, 0.717) is 18.0 Å². The Labute approximate surface area is 142 Å². The number of hydrogen-bond acceptors (Lipinski definition) is 2. The molecule has 1 amide bonds. The first kappa shape index (κ1) is 18.5. The molecule has 0 aromatic heterocycles. The highest BCUT2D eigenvalue weighted by Crippen LogP contribution is 2.13. The molecule has 2 aromatic rings. The van der Waals surface area contributed by atoms with E-state index in [1.807, 2.05) is 25.2 Å². The van der Waals surface area contributed by atoms with Crippen LogP contribution in [0.1, 0.15) is 12.0 Å². The molecule has 0 unspecified atom stereocenters. The molecule has 2 rings (SSSR count). The zero-order valence-electron chi connectivity index (χ0n) is 12.5. The average Bonchev–Trinajstić information content (AvgIpc) is 2.49. The maximum absolute atomic E-state index is 11.9. The minimum atomic E-state index is 0. The summed E-state index contributed by atoms with van der Waals surface area (Å²) in [5, 5.41) is 3.53. The van der Waals surface area contributed by atoms with Crippen molar-refractivity contribution in [3.8, 4) is 0 Å². The maximum atomic E-state index is 11.9. The molecule has 0 aliphatic heterocycles. The second-order valence-electron chi connectivity index (χ2n) is 5.03.